The molecule has 0 aliphatic carbocycles. The lowest BCUT2D eigenvalue weighted by Crippen LogP contribution is -2.56. The van der Waals surface area contributed by atoms with Crippen LogP contribution < -0.4 is 25.2 Å². The van der Waals surface area contributed by atoms with Crippen molar-refractivity contribution in [3.05, 3.63) is 162 Å². The lowest BCUT2D eigenvalue weighted by molar-refractivity contribution is 0.470. The number of thiophene rings is 2. The van der Waals surface area contributed by atoms with E-state index in [-0.39, 0.29) is 23.0 Å². The Morgan fingerprint density at radius 3 is 1.52 bits per heavy atom. The molecule has 14 rings (SSSR count). The zero-order chi connectivity index (χ0) is 47.0. The minimum absolute atomic E-state index is 0.00266. The molecule has 0 unspecified atom stereocenters. The Kier molecular flexibility index (Phi) is 8.32. The number of ether oxygens (including phenoxy) is 2. The number of hydrogen-bond acceptors (Lipinski definition) is 4. The van der Waals surface area contributed by atoms with E-state index in [1.54, 1.807) is 0 Å². The fraction of sp³-hybridized carbons (Fsp3) is 0.194. The highest BCUT2D eigenvalue weighted by atomic mass is 32.1. The van der Waals surface area contributed by atoms with E-state index in [9.17, 15) is 0 Å². The molecular weight excluding hydrogens is 880 g/mol. The highest BCUT2D eigenvalue weighted by Gasteiger charge is 2.44. The molecule has 0 N–H and O–H groups in total. The Morgan fingerprint density at radius 2 is 0.928 bits per heavy atom. The van der Waals surface area contributed by atoms with Gasteiger partial charge in [0.05, 0.1) is 38.1 Å². The number of nitrogens with zero attached hydrogens (tertiary/aromatic N) is 2. The normalized spacial score (nSPS) is 13.8. The third-order valence-corrected chi connectivity index (χ3v) is 17.5. The van der Waals surface area contributed by atoms with Crippen LogP contribution in [0.1, 0.15) is 79.0 Å². The molecule has 2 aliphatic heterocycles. The molecule has 0 bridgehead atoms. The maximum absolute atomic E-state index is 7.58. The van der Waals surface area contributed by atoms with Crippen molar-refractivity contribution >= 4 is 119 Å². The molecule has 8 aromatic carbocycles. The highest BCUT2D eigenvalue weighted by Crippen LogP contribution is 2.50. The number of hydrogen-bond donors (Lipinski definition) is 0. The SMILES string of the molecule is CC(C)(C)c1ccc2sc3c(c2c1)Oc1cc(-n2c4ccccc4c4ccccc42)cc2c1B3c1cc(-n3c4ccc(C(C)(C)C)cc4c4cc(C(C)(C)C)ccc43)c3sc4ccccc4c3c1O2. The topological polar surface area (TPSA) is 28.3 Å². The molecule has 0 amide bonds. The van der Waals surface area contributed by atoms with Crippen LogP contribution in [0.5, 0.6) is 23.0 Å². The molecule has 2 aliphatic rings. The lowest BCUT2D eigenvalue weighted by atomic mass is 9.37. The summed E-state index contributed by atoms with van der Waals surface area (Å²) in [4.78, 5) is 0. The van der Waals surface area contributed by atoms with Gasteiger partial charge >= 0.3 is 0 Å². The van der Waals surface area contributed by atoms with Gasteiger partial charge in [-0.1, -0.05) is 135 Å². The summed E-state index contributed by atoms with van der Waals surface area (Å²) in [5.41, 5.74) is 13.1. The third kappa shape index (κ3) is 5.87. The van der Waals surface area contributed by atoms with Crippen LogP contribution in [0, 0.1) is 0 Å². The van der Waals surface area contributed by atoms with Gasteiger partial charge in [-0.15, -0.1) is 22.7 Å². The molecule has 4 nitrogen and oxygen atoms in total. The highest BCUT2D eigenvalue weighted by molar-refractivity contribution is 7.33. The molecule has 0 saturated heterocycles. The molecule has 0 fully saturated rings. The number of aromatic nitrogens is 2. The minimum Gasteiger partial charge on any atom is -0.458 e. The summed E-state index contributed by atoms with van der Waals surface area (Å²) in [6.07, 6.45) is 0. The summed E-state index contributed by atoms with van der Waals surface area (Å²) in [7, 11) is 0. The van der Waals surface area contributed by atoms with Gasteiger partial charge in [-0.25, -0.2) is 0 Å². The van der Waals surface area contributed by atoms with Crippen molar-refractivity contribution in [1.29, 1.82) is 0 Å². The average Bonchev–Trinajstić information content (AvgIpc) is 4.08. The molecule has 7 heteroatoms. The van der Waals surface area contributed by atoms with Crippen molar-refractivity contribution in [3.8, 4) is 34.4 Å². The van der Waals surface area contributed by atoms with Gasteiger partial charge in [0.1, 0.15) is 23.0 Å². The van der Waals surface area contributed by atoms with Crippen LogP contribution in [-0.2, 0) is 16.2 Å². The molecular formula is C62H51BN2O2S2. The Bertz CT molecular complexity index is 4090. The minimum atomic E-state index is -0.139. The molecule has 4 aromatic heterocycles. The summed E-state index contributed by atoms with van der Waals surface area (Å²) < 4.78 is 24.8. The van der Waals surface area contributed by atoms with Crippen molar-refractivity contribution in [2.24, 2.45) is 0 Å². The number of rotatable bonds is 2. The lowest BCUT2D eigenvalue weighted by Gasteiger charge is -2.33. The average molecular weight is 931 g/mol. The van der Waals surface area contributed by atoms with Crippen LogP contribution in [0.25, 0.3) is 85.2 Å². The van der Waals surface area contributed by atoms with Crippen LogP contribution >= 0.6 is 22.7 Å². The van der Waals surface area contributed by atoms with Crippen molar-refractivity contribution in [1.82, 2.24) is 9.13 Å². The van der Waals surface area contributed by atoms with E-state index >= 15 is 0 Å². The maximum atomic E-state index is 7.58. The summed E-state index contributed by atoms with van der Waals surface area (Å²) in [6.45, 7) is 20.6. The van der Waals surface area contributed by atoms with Gasteiger partial charge < -0.3 is 18.6 Å². The van der Waals surface area contributed by atoms with Crippen molar-refractivity contribution in [3.63, 3.8) is 0 Å². The second-order valence-electron chi connectivity index (χ2n) is 22.5. The first-order valence-electron chi connectivity index (χ1n) is 24.3. The molecule has 336 valence electrons. The van der Waals surface area contributed by atoms with E-state index in [4.69, 9.17) is 9.47 Å². The van der Waals surface area contributed by atoms with Crippen molar-refractivity contribution < 1.29 is 9.47 Å². The van der Waals surface area contributed by atoms with Crippen LogP contribution in [-0.4, -0.2) is 15.8 Å². The Balaban J connectivity index is 1.11. The molecule has 0 radical (unpaired) electrons. The van der Waals surface area contributed by atoms with E-state index in [1.807, 2.05) is 22.7 Å². The van der Waals surface area contributed by atoms with E-state index in [0.717, 1.165) is 50.6 Å². The number of fused-ring (bicyclic) bond motifs is 16. The van der Waals surface area contributed by atoms with E-state index in [1.165, 1.54) is 90.1 Å². The predicted octanol–water partition coefficient (Wildman–Crippen LogP) is 16.1. The van der Waals surface area contributed by atoms with Crippen molar-refractivity contribution in [2.45, 2.75) is 78.6 Å². The fourth-order valence-corrected chi connectivity index (χ4v) is 13.9. The molecule has 0 spiro atoms. The van der Waals surface area contributed by atoms with Crippen molar-refractivity contribution in [2.75, 3.05) is 0 Å². The standard InChI is InChI=1S/C62H51BN2O2S2/c1-60(2,3)34-22-25-47-41(28-34)42-29-35(61(4,5)6)23-26-48(42)65(47)49-33-44-57(54-40-18-12-15-21-52(40)68-58(49)54)67-51-32-37(64-45-19-13-10-16-38(45)39-17-11-14-20-46(39)64)31-50-55(51)63(44)59-56(66-50)43-30-36(62(7,8)9)24-27-53(43)69-59/h10-33H,1-9H3. The number of benzene rings is 8. The Labute approximate surface area is 410 Å². The smallest absolute Gasteiger partial charge is 0.273 e. The van der Waals surface area contributed by atoms with Gasteiger partial charge in [0.2, 0.25) is 0 Å². The molecule has 6 heterocycles. The van der Waals surface area contributed by atoms with E-state index in [0.29, 0.717) is 0 Å². The first-order valence-corrected chi connectivity index (χ1v) is 25.9. The summed E-state index contributed by atoms with van der Waals surface area (Å²) >= 11 is 3.73. The fourth-order valence-electron chi connectivity index (χ4n) is 11.5. The van der Waals surface area contributed by atoms with Gasteiger partial charge in [-0.2, -0.15) is 0 Å². The van der Waals surface area contributed by atoms with E-state index in [2.05, 4.69) is 217 Å². The maximum Gasteiger partial charge on any atom is 0.273 e. The summed E-state index contributed by atoms with van der Waals surface area (Å²) in [5.74, 6) is 3.56. The summed E-state index contributed by atoms with van der Waals surface area (Å²) in [6, 6.07) is 54.7. The largest absolute Gasteiger partial charge is 0.458 e. The zero-order valence-corrected chi connectivity index (χ0v) is 42.1. The molecule has 0 atom stereocenters. The van der Waals surface area contributed by atoms with Crippen LogP contribution in [0.4, 0.5) is 0 Å². The Hall–Kier alpha value is -6.80. The van der Waals surface area contributed by atoms with Crippen LogP contribution in [0.2, 0.25) is 0 Å². The van der Waals surface area contributed by atoms with Gasteiger partial charge in [0.25, 0.3) is 6.71 Å². The zero-order valence-electron chi connectivity index (χ0n) is 40.5. The first-order chi connectivity index (χ1) is 33.1. The van der Waals surface area contributed by atoms with Gasteiger partial charge in [0, 0.05) is 69.5 Å². The second-order valence-corrected chi connectivity index (χ2v) is 24.7. The summed E-state index contributed by atoms with van der Waals surface area (Å²) in [5, 5.41) is 8.54. The first kappa shape index (κ1) is 41.2. The predicted molar refractivity (Wildman–Crippen MR) is 297 cm³/mol. The quantitative estimate of drug-likeness (QED) is 0.162. The molecule has 69 heavy (non-hydrogen) atoms. The van der Waals surface area contributed by atoms with Gasteiger partial charge in [-0.05, 0) is 99.1 Å². The van der Waals surface area contributed by atoms with E-state index < -0.39 is 0 Å². The second kappa shape index (κ2) is 13.9. The molecule has 0 saturated carbocycles. The van der Waals surface area contributed by atoms with Gasteiger partial charge in [-0.3, -0.25) is 0 Å². The van der Waals surface area contributed by atoms with Gasteiger partial charge in [0.15, 0.2) is 0 Å². The Morgan fingerprint density at radius 1 is 0.435 bits per heavy atom. The third-order valence-electron chi connectivity index (χ3n) is 15.1. The monoisotopic (exact) mass is 930 g/mol. The van der Waals surface area contributed by atoms with Crippen LogP contribution in [0.15, 0.2) is 146 Å². The number of para-hydroxylation sites is 2. The van der Waals surface area contributed by atoms with Crippen LogP contribution in [0.3, 0.4) is 0 Å². The molecule has 12 aromatic rings.